The van der Waals surface area contributed by atoms with Crippen LogP contribution in [0, 0.1) is 5.92 Å². The zero-order valence-electron chi connectivity index (χ0n) is 13.2. The highest BCUT2D eigenvalue weighted by atomic mass is 16.3. The first kappa shape index (κ1) is 15.5. The van der Waals surface area contributed by atoms with Crippen LogP contribution in [0.5, 0.6) is 0 Å². The molecule has 20 heavy (non-hydrogen) atoms. The normalized spacial score (nSPS) is 21.6. The molecule has 1 aromatic rings. The van der Waals surface area contributed by atoms with E-state index >= 15 is 0 Å². The van der Waals surface area contributed by atoms with Crippen LogP contribution in [-0.4, -0.2) is 29.6 Å². The predicted molar refractivity (Wildman–Crippen MR) is 84.9 cm³/mol. The Morgan fingerprint density at radius 1 is 1.20 bits per heavy atom. The minimum atomic E-state index is -0.350. The molecule has 0 spiro atoms. The van der Waals surface area contributed by atoms with Gasteiger partial charge in [-0.25, -0.2) is 0 Å². The van der Waals surface area contributed by atoms with Crippen LogP contribution in [0.25, 0.3) is 0 Å². The van der Waals surface area contributed by atoms with Crippen molar-refractivity contribution in [1.82, 2.24) is 4.90 Å². The van der Waals surface area contributed by atoms with Gasteiger partial charge in [0, 0.05) is 13.1 Å². The molecule has 1 aromatic carbocycles. The van der Waals surface area contributed by atoms with Gasteiger partial charge >= 0.3 is 0 Å². The lowest BCUT2D eigenvalue weighted by molar-refractivity contribution is 0.124. The molecule has 2 rings (SSSR count). The molecule has 0 amide bonds. The third-order valence-corrected chi connectivity index (χ3v) is 4.49. The monoisotopic (exact) mass is 275 g/mol. The average Bonchev–Trinajstić information content (AvgIpc) is 2.86. The van der Waals surface area contributed by atoms with Crippen molar-refractivity contribution in [2.24, 2.45) is 5.92 Å². The first-order valence-corrected chi connectivity index (χ1v) is 8.10. The molecule has 1 aliphatic rings. The Morgan fingerprint density at radius 3 is 2.45 bits per heavy atom. The maximum absolute atomic E-state index is 10.4. The fourth-order valence-electron chi connectivity index (χ4n) is 3.18. The lowest BCUT2D eigenvalue weighted by Crippen LogP contribution is -2.26. The van der Waals surface area contributed by atoms with Crippen LogP contribution in [0.4, 0.5) is 0 Å². The number of hydrogen-bond acceptors (Lipinski definition) is 2. The van der Waals surface area contributed by atoms with Crippen LogP contribution < -0.4 is 0 Å². The Labute approximate surface area is 123 Å². The molecule has 0 aromatic heterocycles. The minimum Gasteiger partial charge on any atom is -0.387 e. The number of aliphatic hydroxyl groups excluding tert-OH is 1. The molecule has 1 saturated heterocycles. The Bertz CT molecular complexity index is 398. The number of hydrogen-bond donors (Lipinski definition) is 1. The van der Waals surface area contributed by atoms with Crippen molar-refractivity contribution >= 4 is 0 Å². The maximum atomic E-state index is 10.4. The molecule has 2 atom stereocenters. The van der Waals surface area contributed by atoms with Crippen molar-refractivity contribution < 1.29 is 5.11 Å². The fourth-order valence-corrected chi connectivity index (χ4v) is 3.18. The number of nitrogens with zero attached hydrogens (tertiary/aromatic N) is 1. The second kappa shape index (κ2) is 7.24. The van der Waals surface area contributed by atoms with Crippen molar-refractivity contribution in [2.45, 2.75) is 52.1 Å². The average molecular weight is 275 g/mol. The predicted octanol–water partition coefficient (Wildman–Crippen LogP) is 3.97. The van der Waals surface area contributed by atoms with Crippen molar-refractivity contribution in [3.8, 4) is 0 Å². The van der Waals surface area contributed by atoms with E-state index in [-0.39, 0.29) is 6.10 Å². The highest BCUT2D eigenvalue weighted by molar-refractivity contribution is 5.26. The van der Waals surface area contributed by atoms with Crippen molar-refractivity contribution in [1.29, 1.82) is 0 Å². The van der Waals surface area contributed by atoms with E-state index in [1.165, 1.54) is 24.8 Å². The molecule has 0 bridgehead atoms. The number of likely N-dealkylation sites (tertiary alicyclic amines) is 1. The summed E-state index contributed by atoms with van der Waals surface area (Å²) < 4.78 is 0. The van der Waals surface area contributed by atoms with Crippen LogP contribution >= 0.6 is 0 Å². The van der Waals surface area contributed by atoms with Crippen molar-refractivity contribution in [3.05, 3.63) is 35.4 Å². The quantitative estimate of drug-likeness (QED) is 0.849. The second-order valence-corrected chi connectivity index (χ2v) is 6.54. The first-order valence-electron chi connectivity index (χ1n) is 8.10. The number of benzene rings is 1. The Hall–Kier alpha value is -0.860. The molecular formula is C18H29NO. The molecule has 1 fully saturated rings. The van der Waals surface area contributed by atoms with Gasteiger partial charge in [-0.2, -0.15) is 0 Å². The molecule has 2 unspecified atom stereocenters. The van der Waals surface area contributed by atoms with Gasteiger partial charge in [0.2, 0.25) is 0 Å². The summed E-state index contributed by atoms with van der Waals surface area (Å²) in [6.07, 6.45) is 3.55. The van der Waals surface area contributed by atoms with Gasteiger partial charge in [0.05, 0.1) is 6.10 Å². The number of rotatable bonds is 6. The van der Waals surface area contributed by atoms with Gasteiger partial charge in [-0.1, -0.05) is 51.5 Å². The zero-order valence-corrected chi connectivity index (χ0v) is 13.2. The lowest BCUT2D eigenvalue weighted by atomic mass is 10.00. The molecule has 1 heterocycles. The molecule has 1 aliphatic heterocycles. The van der Waals surface area contributed by atoms with Gasteiger partial charge in [0.25, 0.3) is 0 Å². The molecule has 2 heteroatoms. The van der Waals surface area contributed by atoms with Gasteiger partial charge in [0.1, 0.15) is 0 Å². The van der Waals surface area contributed by atoms with Crippen LogP contribution in [0.1, 0.15) is 63.2 Å². The second-order valence-electron chi connectivity index (χ2n) is 6.54. The Morgan fingerprint density at radius 2 is 1.85 bits per heavy atom. The van der Waals surface area contributed by atoms with Crippen LogP contribution in [0.3, 0.4) is 0 Å². The van der Waals surface area contributed by atoms with Crippen LogP contribution in [-0.2, 0) is 0 Å². The maximum Gasteiger partial charge on any atom is 0.0916 e. The van der Waals surface area contributed by atoms with Gasteiger partial charge < -0.3 is 10.0 Å². The first-order chi connectivity index (χ1) is 9.60. The summed E-state index contributed by atoms with van der Waals surface area (Å²) in [4.78, 5) is 2.42. The van der Waals surface area contributed by atoms with E-state index < -0.39 is 0 Å². The van der Waals surface area contributed by atoms with Crippen molar-refractivity contribution in [2.75, 3.05) is 19.6 Å². The summed E-state index contributed by atoms with van der Waals surface area (Å²) in [5, 5.41) is 10.4. The van der Waals surface area contributed by atoms with E-state index in [0.717, 1.165) is 31.1 Å². The fraction of sp³-hybridized carbons (Fsp3) is 0.667. The van der Waals surface area contributed by atoms with E-state index in [2.05, 4.69) is 49.9 Å². The molecule has 1 N–H and O–H groups in total. The summed E-state index contributed by atoms with van der Waals surface area (Å²) >= 11 is 0. The highest BCUT2D eigenvalue weighted by Gasteiger charge is 2.23. The number of β-amino-alcohol motifs (C(OH)–C–C–N with tert-alkyl or cyclic N) is 1. The Kier molecular flexibility index (Phi) is 5.62. The van der Waals surface area contributed by atoms with E-state index in [1.807, 2.05) is 0 Å². The summed E-state index contributed by atoms with van der Waals surface area (Å²) in [6.45, 7) is 9.74. The van der Waals surface area contributed by atoms with Gasteiger partial charge in [-0.3, -0.25) is 0 Å². The van der Waals surface area contributed by atoms with Gasteiger partial charge in [-0.15, -0.1) is 0 Å². The van der Waals surface area contributed by atoms with E-state index in [1.54, 1.807) is 0 Å². The minimum absolute atomic E-state index is 0.350. The highest BCUT2D eigenvalue weighted by Crippen LogP contribution is 2.24. The van der Waals surface area contributed by atoms with E-state index in [4.69, 9.17) is 0 Å². The topological polar surface area (TPSA) is 23.5 Å². The van der Waals surface area contributed by atoms with Gasteiger partial charge in [-0.05, 0) is 42.3 Å². The van der Waals surface area contributed by atoms with E-state index in [0.29, 0.717) is 5.92 Å². The van der Waals surface area contributed by atoms with Crippen molar-refractivity contribution in [3.63, 3.8) is 0 Å². The largest absolute Gasteiger partial charge is 0.387 e. The zero-order chi connectivity index (χ0) is 14.5. The summed E-state index contributed by atoms with van der Waals surface area (Å²) in [7, 11) is 0. The molecule has 0 radical (unpaired) electrons. The third kappa shape index (κ3) is 4.07. The van der Waals surface area contributed by atoms with Crippen LogP contribution in [0.15, 0.2) is 24.3 Å². The van der Waals surface area contributed by atoms with E-state index in [9.17, 15) is 5.11 Å². The Balaban J connectivity index is 1.87. The molecule has 2 nitrogen and oxygen atoms in total. The standard InChI is InChI=1S/C18H29NO/c1-4-5-15-10-11-19(12-15)13-18(20)17-8-6-16(7-9-17)14(2)3/h6-9,14-15,18,20H,4-5,10-13H2,1-3H3. The summed E-state index contributed by atoms with van der Waals surface area (Å²) in [6, 6.07) is 8.46. The number of aliphatic hydroxyl groups is 1. The van der Waals surface area contributed by atoms with Crippen LogP contribution in [0.2, 0.25) is 0 Å². The third-order valence-electron chi connectivity index (χ3n) is 4.49. The molecule has 112 valence electrons. The molecular weight excluding hydrogens is 246 g/mol. The SMILES string of the molecule is CCCC1CCN(CC(O)c2ccc(C(C)C)cc2)C1. The summed E-state index contributed by atoms with van der Waals surface area (Å²) in [5.74, 6) is 1.39. The lowest BCUT2D eigenvalue weighted by Gasteiger charge is -2.20. The van der Waals surface area contributed by atoms with Gasteiger partial charge in [0.15, 0.2) is 0 Å². The summed E-state index contributed by atoms with van der Waals surface area (Å²) in [5.41, 5.74) is 2.39. The smallest absolute Gasteiger partial charge is 0.0916 e. The molecule has 0 aliphatic carbocycles. The molecule has 0 saturated carbocycles.